The molecule has 3 heteroatoms. The lowest BCUT2D eigenvalue weighted by Crippen LogP contribution is -2.46. The maximum Gasteiger partial charge on any atom is 0.0608 e. The van der Waals surface area contributed by atoms with Crippen LogP contribution in [0.5, 0.6) is 0 Å². The Labute approximate surface area is 104 Å². The van der Waals surface area contributed by atoms with Crippen molar-refractivity contribution in [3.05, 3.63) is 23.5 Å². The molecule has 1 unspecified atom stereocenters. The molecule has 94 valence electrons. The van der Waals surface area contributed by atoms with Gasteiger partial charge in [0.15, 0.2) is 0 Å². The standard InChI is InChI=1S/C14H23N3/c1-4-15-13-6-5-9-17(10-13)14-8-7-11(2)16-12(14)3/h7-8,13,15H,4-6,9-10H2,1-3H3. The lowest BCUT2D eigenvalue weighted by atomic mass is 10.0. The molecular formula is C14H23N3. The zero-order valence-electron chi connectivity index (χ0n) is 11.2. The molecule has 0 bridgehead atoms. The lowest BCUT2D eigenvalue weighted by Gasteiger charge is -2.35. The summed E-state index contributed by atoms with van der Waals surface area (Å²) in [5.74, 6) is 0. The monoisotopic (exact) mass is 233 g/mol. The average Bonchev–Trinajstić information content (AvgIpc) is 2.29. The first-order valence-corrected chi connectivity index (χ1v) is 6.63. The second-order valence-electron chi connectivity index (χ2n) is 4.90. The van der Waals surface area contributed by atoms with E-state index < -0.39 is 0 Å². The van der Waals surface area contributed by atoms with E-state index in [9.17, 15) is 0 Å². The van der Waals surface area contributed by atoms with Gasteiger partial charge in [-0.25, -0.2) is 0 Å². The van der Waals surface area contributed by atoms with E-state index in [4.69, 9.17) is 0 Å². The van der Waals surface area contributed by atoms with Crippen molar-refractivity contribution in [1.82, 2.24) is 10.3 Å². The first kappa shape index (κ1) is 12.4. The van der Waals surface area contributed by atoms with Crippen molar-refractivity contribution in [2.45, 2.75) is 39.7 Å². The van der Waals surface area contributed by atoms with E-state index in [-0.39, 0.29) is 0 Å². The fraction of sp³-hybridized carbons (Fsp3) is 0.643. The Kier molecular flexibility index (Phi) is 4.00. The smallest absolute Gasteiger partial charge is 0.0608 e. The molecule has 0 radical (unpaired) electrons. The van der Waals surface area contributed by atoms with Crippen LogP contribution in [0.15, 0.2) is 12.1 Å². The lowest BCUT2D eigenvalue weighted by molar-refractivity contribution is 0.431. The molecular weight excluding hydrogens is 210 g/mol. The highest BCUT2D eigenvalue weighted by atomic mass is 15.2. The van der Waals surface area contributed by atoms with Crippen molar-refractivity contribution >= 4 is 5.69 Å². The first-order chi connectivity index (χ1) is 8.20. The minimum atomic E-state index is 0.634. The Bertz CT molecular complexity index is 374. The molecule has 1 aromatic rings. The summed E-state index contributed by atoms with van der Waals surface area (Å²) < 4.78 is 0. The van der Waals surface area contributed by atoms with Gasteiger partial charge in [-0.2, -0.15) is 0 Å². The van der Waals surface area contributed by atoms with Crippen LogP contribution >= 0.6 is 0 Å². The number of anilines is 1. The van der Waals surface area contributed by atoms with E-state index in [0.29, 0.717) is 6.04 Å². The molecule has 1 aliphatic heterocycles. The van der Waals surface area contributed by atoms with Crippen LogP contribution in [0.25, 0.3) is 0 Å². The number of nitrogens with one attached hydrogen (secondary N) is 1. The van der Waals surface area contributed by atoms with E-state index in [1.54, 1.807) is 0 Å². The third-order valence-electron chi connectivity index (χ3n) is 3.45. The van der Waals surface area contributed by atoms with Gasteiger partial charge in [-0.3, -0.25) is 4.98 Å². The van der Waals surface area contributed by atoms with Crippen LogP contribution in [0.1, 0.15) is 31.2 Å². The summed E-state index contributed by atoms with van der Waals surface area (Å²) in [5, 5.41) is 3.55. The molecule has 0 amide bonds. The van der Waals surface area contributed by atoms with Crippen LogP contribution in [-0.4, -0.2) is 30.7 Å². The van der Waals surface area contributed by atoms with Crippen molar-refractivity contribution < 1.29 is 0 Å². The molecule has 17 heavy (non-hydrogen) atoms. The average molecular weight is 233 g/mol. The number of aryl methyl sites for hydroxylation is 2. The molecule has 0 aliphatic carbocycles. The van der Waals surface area contributed by atoms with Crippen molar-refractivity contribution in [3.63, 3.8) is 0 Å². The normalized spacial score (nSPS) is 20.6. The highest BCUT2D eigenvalue weighted by molar-refractivity contribution is 5.51. The second kappa shape index (κ2) is 5.50. The van der Waals surface area contributed by atoms with Crippen LogP contribution in [0.2, 0.25) is 0 Å². The van der Waals surface area contributed by atoms with Gasteiger partial charge in [0.05, 0.1) is 11.4 Å². The maximum absolute atomic E-state index is 4.56. The number of piperidine rings is 1. The summed E-state index contributed by atoms with van der Waals surface area (Å²) in [6, 6.07) is 4.96. The van der Waals surface area contributed by atoms with Crippen molar-refractivity contribution in [2.24, 2.45) is 0 Å². The molecule has 2 heterocycles. The minimum absolute atomic E-state index is 0.634. The third kappa shape index (κ3) is 2.97. The number of rotatable bonds is 3. The summed E-state index contributed by atoms with van der Waals surface area (Å²) in [6.45, 7) is 9.67. The van der Waals surface area contributed by atoms with E-state index in [1.807, 2.05) is 0 Å². The Morgan fingerprint density at radius 1 is 1.41 bits per heavy atom. The SMILES string of the molecule is CCNC1CCCN(c2ccc(C)nc2C)C1. The number of hydrogen-bond donors (Lipinski definition) is 1. The van der Waals surface area contributed by atoms with Gasteiger partial charge in [0.25, 0.3) is 0 Å². The summed E-state index contributed by atoms with van der Waals surface area (Å²) >= 11 is 0. The fourth-order valence-corrected chi connectivity index (χ4v) is 2.66. The zero-order chi connectivity index (χ0) is 12.3. The van der Waals surface area contributed by atoms with Gasteiger partial charge in [-0.05, 0) is 45.4 Å². The molecule has 1 aromatic heterocycles. The van der Waals surface area contributed by atoms with Gasteiger partial charge in [0.1, 0.15) is 0 Å². The third-order valence-corrected chi connectivity index (χ3v) is 3.45. The fourth-order valence-electron chi connectivity index (χ4n) is 2.66. The van der Waals surface area contributed by atoms with E-state index in [0.717, 1.165) is 31.0 Å². The molecule has 1 aliphatic rings. The molecule has 2 rings (SSSR count). The summed E-state index contributed by atoms with van der Waals surface area (Å²) in [4.78, 5) is 7.03. The van der Waals surface area contributed by atoms with Crippen LogP contribution < -0.4 is 10.2 Å². The molecule has 0 spiro atoms. The number of aromatic nitrogens is 1. The zero-order valence-corrected chi connectivity index (χ0v) is 11.2. The summed E-state index contributed by atoms with van der Waals surface area (Å²) in [5.41, 5.74) is 3.56. The molecule has 1 atom stereocenters. The molecule has 1 N–H and O–H groups in total. The van der Waals surface area contributed by atoms with E-state index in [2.05, 4.69) is 48.1 Å². The van der Waals surface area contributed by atoms with Crippen molar-refractivity contribution in [3.8, 4) is 0 Å². The second-order valence-corrected chi connectivity index (χ2v) is 4.90. The van der Waals surface area contributed by atoms with Gasteiger partial charge >= 0.3 is 0 Å². The first-order valence-electron chi connectivity index (χ1n) is 6.63. The highest BCUT2D eigenvalue weighted by Crippen LogP contribution is 2.22. The van der Waals surface area contributed by atoms with Crippen LogP contribution in [0.4, 0.5) is 5.69 Å². The Morgan fingerprint density at radius 3 is 2.94 bits per heavy atom. The number of pyridine rings is 1. The van der Waals surface area contributed by atoms with Gasteiger partial charge in [0, 0.05) is 24.8 Å². The summed E-state index contributed by atoms with van der Waals surface area (Å²) in [6.07, 6.45) is 2.56. The predicted molar refractivity (Wildman–Crippen MR) is 72.6 cm³/mol. The molecule has 0 saturated carbocycles. The van der Waals surface area contributed by atoms with Crippen LogP contribution in [0.3, 0.4) is 0 Å². The maximum atomic E-state index is 4.56. The topological polar surface area (TPSA) is 28.2 Å². The molecule has 1 saturated heterocycles. The number of nitrogens with zero attached hydrogens (tertiary/aromatic N) is 2. The van der Waals surface area contributed by atoms with Crippen molar-refractivity contribution in [1.29, 1.82) is 0 Å². The Hall–Kier alpha value is -1.09. The number of hydrogen-bond acceptors (Lipinski definition) is 3. The van der Waals surface area contributed by atoms with E-state index >= 15 is 0 Å². The number of likely N-dealkylation sites (N-methyl/N-ethyl adjacent to an activating group) is 1. The Morgan fingerprint density at radius 2 is 2.24 bits per heavy atom. The van der Waals surface area contributed by atoms with Gasteiger partial charge < -0.3 is 10.2 Å². The van der Waals surface area contributed by atoms with Crippen molar-refractivity contribution in [2.75, 3.05) is 24.5 Å². The molecule has 1 fully saturated rings. The molecule has 3 nitrogen and oxygen atoms in total. The van der Waals surface area contributed by atoms with Gasteiger partial charge in [-0.15, -0.1) is 0 Å². The summed E-state index contributed by atoms with van der Waals surface area (Å²) in [7, 11) is 0. The van der Waals surface area contributed by atoms with Gasteiger partial charge in [0.2, 0.25) is 0 Å². The van der Waals surface area contributed by atoms with E-state index in [1.165, 1.54) is 18.5 Å². The quantitative estimate of drug-likeness (QED) is 0.868. The predicted octanol–water partition coefficient (Wildman–Crippen LogP) is 2.28. The van der Waals surface area contributed by atoms with Crippen LogP contribution in [0, 0.1) is 13.8 Å². The van der Waals surface area contributed by atoms with Crippen LogP contribution in [-0.2, 0) is 0 Å². The highest BCUT2D eigenvalue weighted by Gasteiger charge is 2.20. The largest absolute Gasteiger partial charge is 0.369 e. The Balaban J connectivity index is 2.10. The molecule has 0 aromatic carbocycles. The minimum Gasteiger partial charge on any atom is -0.369 e. The van der Waals surface area contributed by atoms with Gasteiger partial charge in [-0.1, -0.05) is 6.92 Å².